The van der Waals surface area contributed by atoms with Gasteiger partial charge in [0.15, 0.2) is 0 Å². The monoisotopic (exact) mass is 378 g/mol. The highest BCUT2D eigenvalue weighted by molar-refractivity contribution is 5.68. The van der Waals surface area contributed by atoms with E-state index in [1.54, 1.807) is 20.8 Å². The Morgan fingerprint density at radius 2 is 1.78 bits per heavy atom. The van der Waals surface area contributed by atoms with Crippen LogP contribution in [0.2, 0.25) is 0 Å². The number of hydrogen-bond acceptors (Lipinski definition) is 5. The van der Waals surface area contributed by atoms with Crippen molar-refractivity contribution in [1.82, 2.24) is 10.6 Å². The number of aliphatic hydroxyl groups is 1. The zero-order valence-electron chi connectivity index (χ0n) is 16.3. The van der Waals surface area contributed by atoms with Crippen LogP contribution in [0.4, 0.5) is 9.59 Å². The molecule has 0 aliphatic heterocycles. The van der Waals surface area contributed by atoms with Crippen molar-refractivity contribution in [3.05, 3.63) is 35.9 Å². The lowest BCUT2D eigenvalue weighted by molar-refractivity contribution is -0.00775. The lowest BCUT2D eigenvalue weighted by atomic mass is 9.82. The largest absolute Gasteiger partial charge is 0.445 e. The van der Waals surface area contributed by atoms with Gasteiger partial charge >= 0.3 is 12.2 Å². The van der Waals surface area contributed by atoms with Gasteiger partial charge in [-0.2, -0.15) is 0 Å². The first-order valence-electron chi connectivity index (χ1n) is 9.32. The zero-order valence-corrected chi connectivity index (χ0v) is 16.3. The quantitative estimate of drug-likeness (QED) is 0.731. The third-order valence-electron chi connectivity index (χ3n) is 4.41. The molecule has 7 heteroatoms. The Balaban J connectivity index is 1.68. The third kappa shape index (κ3) is 7.86. The van der Waals surface area contributed by atoms with Gasteiger partial charge in [-0.25, -0.2) is 9.59 Å². The van der Waals surface area contributed by atoms with Crippen molar-refractivity contribution in [1.29, 1.82) is 0 Å². The summed E-state index contributed by atoms with van der Waals surface area (Å²) in [5.41, 5.74) is -0.629. The zero-order chi connectivity index (χ0) is 19.9. The van der Waals surface area contributed by atoms with E-state index >= 15 is 0 Å². The molecule has 0 spiro atoms. The van der Waals surface area contributed by atoms with Crippen molar-refractivity contribution < 1.29 is 24.2 Å². The first kappa shape index (κ1) is 21.0. The number of nitrogens with one attached hydrogen (secondary N) is 2. The number of alkyl carbamates (subject to hydrolysis) is 2. The summed E-state index contributed by atoms with van der Waals surface area (Å²) < 4.78 is 10.4. The fourth-order valence-corrected chi connectivity index (χ4v) is 2.96. The van der Waals surface area contributed by atoms with E-state index in [4.69, 9.17) is 9.47 Å². The summed E-state index contributed by atoms with van der Waals surface area (Å²) in [5, 5.41) is 16.1. The van der Waals surface area contributed by atoms with Crippen molar-refractivity contribution >= 4 is 12.2 Å². The van der Waals surface area contributed by atoms with Crippen molar-refractivity contribution in [2.24, 2.45) is 0 Å². The number of amides is 2. The Kier molecular flexibility index (Phi) is 7.07. The van der Waals surface area contributed by atoms with Gasteiger partial charge in [0.25, 0.3) is 0 Å². The highest BCUT2D eigenvalue weighted by atomic mass is 16.6. The number of ether oxygens (including phenoxy) is 2. The third-order valence-corrected chi connectivity index (χ3v) is 4.41. The second-order valence-corrected chi connectivity index (χ2v) is 8.06. The van der Waals surface area contributed by atoms with Crippen molar-refractivity contribution in [3.8, 4) is 0 Å². The molecule has 0 atom stereocenters. The highest BCUT2D eigenvalue weighted by Gasteiger charge is 2.34. The van der Waals surface area contributed by atoms with Gasteiger partial charge in [0.2, 0.25) is 0 Å². The molecule has 7 nitrogen and oxygen atoms in total. The van der Waals surface area contributed by atoms with Crippen LogP contribution >= 0.6 is 0 Å². The topological polar surface area (TPSA) is 96.9 Å². The van der Waals surface area contributed by atoms with Crippen LogP contribution in [0.25, 0.3) is 0 Å². The molecule has 150 valence electrons. The van der Waals surface area contributed by atoms with E-state index in [0.717, 1.165) is 5.56 Å². The number of carbonyl (C=O) groups excluding carboxylic acids is 2. The van der Waals surface area contributed by atoms with Crippen LogP contribution in [0.5, 0.6) is 0 Å². The van der Waals surface area contributed by atoms with Crippen molar-refractivity contribution in [3.63, 3.8) is 0 Å². The van der Waals surface area contributed by atoms with E-state index in [9.17, 15) is 14.7 Å². The Morgan fingerprint density at radius 3 is 2.37 bits per heavy atom. The fraction of sp³-hybridized carbons (Fsp3) is 0.600. The van der Waals surface area contributed by atoms with E-state index in [0.29, 0.717) is 25.7 Å². The summed E-state index contributed by atoms with van der Waals surface area (Å²) in [7, 11) is 0. The molecule has 2 amide bonds. The Hall–Kier alpha value is -2.28. The summed E-state index contributed by atoms with van der Waals surface area (Å²) in [6.45, 7) is 5.72. The van der Waals surface area contributed by atoms with Gasteiger partial charge in [-0.05, 0) is 52.0 Å². The first-order valence-corrected chi connectivity index (χ1v) is 9.32. The minimum atomic E-state index is -0.983. The molecule has 1 aliphatic rings. The van der Waals surface area contributed by atoms with Crippen molar-refractivity contribution in [2.75, 3.05) is 6.54 Å². The molecule has 0 aromatic heterocycles. The first-order chi connectivity index (χ1) is 12.7. The van der Waals surface area contributed by atoms with Crippen LogP contribution in [-0.2, 0) is 16.1 Å². The lowest BCUT2D eigenvalue weighted by Crippen LogP contribution is -2.49. The van der Waals surface area contributed by atoms with Crippen LogP contribution in [0.15, 0.2) is 30.3 Å². The van der Waals surface area contributed by atoms with Gasteiger partial charge in [-0.15, -0.1) is 0 Å². The van der Waals surface area contributed by atoms with Gasteiger partial charge in [0, 0.05) is 12.6 Å². The smallest absolute Gasteiger partial charge is 0.407 e. The van der Waals surface area contributed by atoms with Crippen LogP contribution < -0.4 is 10.6 Å². The summed E-state index contributed by atoms with van der Waals surface area (Å²) in [6.07, 6.45) is 1.19. The molecule has 0 radical (unpaired) electrons. The summed E-state index contributed by atoms with van der Waals surface area (Å²) in [4.78, 5) is 23.6. The molecule has 3 N–H and O–H groups in total. The van der Waals surface area contributed by atoms with E-state index < -0.39 is 23.4 Å². The molecule has 2 rings (SSSR count). The predicted molar refractivity (Wildman–Crippen MR) is 101 cm³/mol. The minimum Gasteiger partial charge on any atom is -0.445 e. The molecule has 1 aliphatic carbocycles. The van der Waals surface area contributed by atoms with Crippen LogP contribution in [0.1, 0.15) is 52.0 Å². The number of benzene rings is 1. The summed E-state index contributed by atoms with van der Waals surface area (Å²) in [6, 6.07) is 9.44. The summed E-state index contributed by atoms with van der Waals surface area (Å²) >= 11 is 0. The maximum absolute atomic E-state index is 11.9. The molecule has 0 bridgehead atoms. The minimum absolute atomic E-state index is 0.0462. The normalized spacial score (nSPS) is 22.6. The van der Waals surface area contributed by atoms with Crippen LogP contribution in [0.3, 0.4) is 0 Å². The van der Waals surface area contributed by atoms with Gasteiger partial charge in [0.1, 0.15) is 12.2 Å². The molecule has 27 heavy (non-hydrogen) atoms. The maximum Gasteiger partial charge on any atom is 0.407 e. The second kappa shape index (κ2) is 9.08. The Bertz CT molecular complexity index is 619. The summed E-state index contributed by atoms with van der Waals surface area (Å²) in [5.74, 6) is 0. The van der Waals surface area contributed by atoms with Crippen LogP contribution in [-0.4, -0.2) is 41.1 Å². The number of rotatable bonds is 5. The number of carbonyl (C=O) groups is 2. The van der Waals surface area contributed by atoms with Crippen LogP contribution in [0, 0.1) is 0 Å². The molecule has 1 aromatic carbocycles. The lowest BCUT2D eigenvalue weighted by Gasteiger charge is -2.36. The number of hydrogen-bond donors (Lipinski definition) is 3. The molecular weight excluding hydrogens is 348 g/mol. The van der Waals surface area contributed by atoms with Crippen molar-refractivity contribution in [2.45, 2.75) is 70.3 Å². The standard InChI is InChI=1S/C20H30N2O5/c1-19(2,3)27-17(23)21-14-20(25)11-9-16(10-12-20)22-18(24)26-13-15-7-5-4-6-8-15/h4-8,16,25H,9-14H2,1-3H3,(H,21,23)(H,22,24). The molecule has 1 fully saturated rings. The Labute approximate surface area is 160 Å². The van der Waals surface area contributed by atoms with E-state index in [2.05, 4.69) is 10.6 Å². The molecule has 1 aromatic rings. The average molecular weight is 378 g/mol. The van der Waals surface area contributed by atoms with Gasteiger partial charge < -0.3 is 25.2 Å². The highest BCUT2D eigenvalue weighted by Crippen LogP contribution is 2.28. The molecular formula is C20H30N2O5. The van der Waals surface area contributed by atoms with E-state index in [1.165, 1.54) is 0 Å². The average Bonchev–Trinajstić information content (AvgIpc) is 2.60. The second-order valence-electron chi connectivity index (χ2n) is 8.06. The van der Waals surface area contributed by atoms with E-state index in [-0.39, 0.29) is 19.2 Å². The Morgan fingerprint density at radius 1 is 1.15 bits per heavy atom. The molecule has 0 saturated heterocycles. The molecule has 0 heterocycles. The van der Waals surface area contributed by atoms with E-state index in [1.807, 2.05) is 30.3 Å². The molecule has 1 saturated carbocycles. The van der Waals surface area contributed by atoms with Gasteiger partial charge in [0.05, 0.1) is 5.60 Å². The fourth-order valence-electron chi connectivity index (χ4n) is 2.96. The van der Waals surface area contributed by atoms with Gasteiger partial charge in [-0.1, -0.05) is 30.3 Å². The predicted octanol–water partition coefficient (Wildman–Crippen LogP) is 3.11. The van der Waals surface area contributed by atoms with Gasteiger partial charge in [-0.3, -0.25) is 0 Å². The maximum atomic E-state index is 11.9. The molecule has 0 unspecified atom stereocenters. The SMILES string of the molecule is CC(C)(C)OC(=O)NCC1(O)CCC(NC(=O)OCc2ccccc2)CC1.